The van der Waals surface area contributed by atoms with Crippen LogP contribution in [-0.4, -0.2) is 38.7 Å². The summed E-state index contributed by atoms with van der Waals surface area (Å²) in [4.78, 5) is 6.74. The first-order chi connectivity index (χ1) is 13.0. The maximum atomic E-state index is 14.0. The van der Waals surface area contributed by atoms with Crippen molar-refractivity contribution in [1.29, 1.82) is 0 Å². The van der Waals surface area contributed by atoms with Crippen LogP contribution in [0.5, 0.6) is 0 Å². The third kappa shape index (κ3) is 5.18. The predicted molar refractivity (Wildman–Crippen MR) is 116 cm³/mol. The Balaban J connectivity index is 0.00000280. The molecule has 6 nitrogen and oxygen atoms in total. The molecule has 1 aliphatic heterocycles. The lowest BCUT2D eigenvalue weighted by Gasteiger charge is -2.32. The van der Waals surface area contributed by atoms with Crippen LogP contribution in [-0.2, 0) is 26.6 Å². The lowest BCUT2D eigenvalue weighted by molar-refractivity contribution is 0.368. The van der Waals surface area contributed by atoms with Crippen molar-refractivity contribution in [1.82, 2.24) is 25.0 Å². The zero-order valence-corrected chi connectivity index (χ0v) is 18.8. The molecule has 0 bridgehead atoms. The van der Waals surface area contributed by atoms with Gasteiger partial charge >= 0.3 is 0 Å². The van der Waals surface area contributed by atoms with Gasteiger partial charge < -0.3 is 14.8 Å². The molecule has 1 aromatic carbocycles. The van der Waals surface area contributed by atoms with E-state index in [1.54, 1.807) is 0 Å². The highest BCUT2D eigenvalue weighted by Crippen LogP contribution is 2.23. The largest absolute Gasteiger partial charge is 0.356 e. The number of hydrogen-bond acceptors (Lipinski definition) is 3. The molecule has 3 rings (SSSR count). The van der Waals surface area contributed by atoms with Crippen molar-refractivity contribution in [2.24, 2.45) is 12.0 Å². The maximum Gasteiger partial charge on any atom is 0.194 e. The van der Waals surface area contributed by atoms with Crippen LogP contribution < -0.4 is 5.32 Å². The second-order valence-electron chi connectivity index (χ2n) is 6.84. The number of nitrogens with one attached hydrogen (secondary N) is 1. The molecule has 1 aromatic heterocycles. The molecule has 0 aliphatic carbocycles. The molecule has 28 heavy (non-hydrogen) atoms. The molecular formula is C19H27F2IN6. The summed E-state index contributed by atoms with van der Waals surface area (Å²) in [5.41, 5.74) is 1.28. The van der Waals surface area contributed by atoms with Crippen molar-refractivity contribution < 1.29 is 8.78 Å². The number of benzene rings is 1. The standard InChI is InChI=1S/C19H26F2N6.HI/c1-4-5-7-22-19(23-11-18-25-24-13(2)26(18)3)27-8-6-16-14(12-27)9-15(20)10-17(16)21;/h9-10H,4-8,11-12H2,1-3H3,(H,22,23);1H. The first-order valence-corrected chi connectivity index (χ1v) is 9.34. The van der Waals surface area contributed by atoms with Crippen LogP contribution >= 0.6 is 24.0 Å². The van der Waals surface area contributed by atoms with Crippen LogP contribution in [0.2, 0.25) is 0 Å². The van der Waals surface area contributed by atoms with Crippen LogP contribution in [0.1, 0.15) is 42.5 Å². The van der Waals surface area contributed by atoms with Gasteiger partial charge in [0.2, 0.25) is 0 Å². The highest BCUT2D eigenvalue weighted by atomic mass is 127. The summed E-state index contributed by atoms with van der Waals surface area (Å²) >= 11 is 0. The van der Waals surface area contributed by atoms with Crippen LogP contribution in [0.4, 0.5) is 8.78 Å². The third-order valence-electron chi connectivity index (χ3n) is 4.91. The summed E-state index contributed by atoms with van der Waals surface area (Å²) < 4.78 is 29.5. The lowest BCUT2D eigenvalue weighted by atomic mass is 9.99. The number of aliphatic imine (C=N–C) groups is 1. The molecule has 0 unspecified atom stereocenters. The van der Waals surface area contributed by atoms with Gasteiger partial charge in [-0.1, -0.05) is 13.3 Å². The molecule has 0 fully saturated rings. The molecule has 0 atom stereocenters. The number of fused-ring (bicyclic) bond motifs is 1. The Bertz CT molecular complexity index is 836. The number of aromatic nitrogens is 3. The topological polar surface area (TPSA) is 58.3 Å². The first kappa shape index (κ1) is 22.5. The summed E-state index contributed by atoms with van der Waals surface area (Å²) in [6, 6.07) is 2.37. The van der Waals surface area contributed by atoms with Gasteiger partial charge in [-0.2, -0.15) is 0 Å². The molecule has 2 aromatic rings. The van der Waals surface area contributed by atoms with Gasteiger partial charge in [-0.3, -0.25) is 0 Å². The van der Waals surface area contributed by atoms with E-state index in [2.05, 4.69) is 22.4 Å². The molecule has 1 aliphatic rings. The molecule has 0 spiro atoms. The summed E-state index contributed by atoms with van der Waals surface area (Å²) in [5.74, 6) is 1.34. The van der Waals surface area contributed by atoms with E-state index in [0.717, 1.165) is 43.1 Å². The molecule has 0 amide bonds. The van der Waals surface area contributed by atoms with E-state index in [9.17, 15) is 8.78 Å². The summed E-state index contributed by atoms with van der Waals surface area (Å²) in [6.07, 6.45) is 2.62. The zero-order valence-electron chi connectivity index (χ0n) is 16.5. The van der Waals surface area contributed by atoms with E-state index < -0.39 is 11.6 Å². The van der Waals surface area contributed by atoms with Crippen LogP contribution in [0.15, 0.2) is 17.1 Å². The molecule has 2 heterocycles. The van der Waals surface area contributed by atoms with E-state index >= 15 is 0 Å². The van der Waals surface area contributed by atoms with Gasteiger partial charge in [0, 0.05) is 32.7 Å². The average molecular weight is 504 g/mol. The van der Waals surface area contributed by atoms with Crippen LogP contribution in [0.25, 0.3) is 0 Å². The van der Waals surface area contributed by atoms with Crippen molar-refractivity contribution in [2.45, 2.75) is 46.2 Å². The molecule has 9 heteroatoms. The van der Waals surface area contributed by atoms with Crippen molar-refractivity contribution in [3.05, 3.63) is 46.5 Å². The number of rotatable bonds is 5. The third-order valence-corrected chi connectivity index (χ3v) is 4.91. The molecular weight excluding hydrogens is 477 g/mol. The molecule has 0 saturated carbocycles. The Labute approximate surface area is 181 Å². The SMILES string of the molecule is CCCCNC(=NCc1nnc(C)n1C)N1CCc2c(F)cc(F)cc2C1.I. The van der Waals surface area contributed by atoms with E-state index in [-0.39, 0.29) is 24.0 Å². The van der Waals surface area contributed by atoms with Gasteiger partial charge in [-0.25, -0.2) is 13.8 Å². The summed E-state index contributed by atoms with van der Waals surface area (Å²) in [6.45, 7) is 6.28. The van der Waals surface area contributed by atoms with Gasteiger partial charge in [0.15, 0.2) is 11.8 Å². The number of hydrogen-bond donors (Lipinski definition) is 1. The highest BCUT2D eigenvalue weighted by molar-refractivity contribution is 14.0. The fourth-order valence-corrected chi connectivity index (χ4v) is 3.17. The number of halogens is 3. The van der Waals surface area contributed by atoms with Crippen molar-refractivity contribution in [3.63, 3.8) is 0 Å². The Morgan fingerprint density at radius 2 is 2.07 bits per heavy atom. The fraction of sp³-hybridized carbons (Fsp3) is 0.526. The van der Waals surface area contributed by atoms with Crippen molar-refractivity contribution in [3.8, 4) is 0 Å². The summed E-state index contributed by atoms with van der Waals surface area (Å²) in [7, 11) is 1.91. The minimum atomic E-state index is -0.542. The Hall–Kier alpha value is -1.78. The number of unbranched alkanes of at least 4 members (excludes halogenated alkanes) is 1. The van der Waals surface area contributed by atoms with E-state index in [4.69, 9.17) is 4.99 Å². The second-order valence-corrected chi connectivity index (χ2v) is 6.84. The van der Waals surface area contributed by atoms with Crippen LogP contribution in [0.3, 0.4) is 0 Å². The monoisotopic (exact) mass is 504 g/mol. The fourth-order valence-electron chi connectivity index (χ4n) is 3.17. The average Bonchev–Trinajstić information content (AvgIpc) is 2.96. The Kier molecular flexibility index (Phi) is 8.14. The number of guanidine groups is 1. The quantitative estimate of drug-likeness (QED) is 0.294. The zero-order chi connectivity index (χ0) is 19.4. The molecule has 1 N–H and O–H groups in total. The van der Waals surface area contributed by atoms with E-state index in [1.165, 1.54) is 6.07 Å². The predicted octanol–water partition coefficient (Wildman–Crippen LogP) is 3.32. The molecule has 154 valence electrons. The van der Waals surface area contributed by atoms with Gasteiger partial charge in [-0.15, -0.1) is 34.2 Å². The minimum Gasteiger partial charge on any atom is -0.356 e. The lowest BCUT2D eigenvalue weighted by Crippen LogP contribution is -2.44. The van der Waals surface area contributed by atoms with Gasteiger partial charge in [0.1, 0.15) is 24.0 Å². The van der Waals surface area contributed by atoms with Gasteiger partial charge in [0.25, 0.3) is 0 Å². The molecule has 0 saturated heterocycles. The van der Waals surface area contributed by atoms with E-state index in [0.29, 0.717) is 37.2 Å². The highest BCUT2D eigenvalue weighted by Gasteiger charge is 2.22. The summed E-state index contributed by atoms with van der Waals surface area (Å²) in [5, 5.41) is 11.6. The van der Waals surface area contributed by atoms with Crippen molar-refractivity contribution >= 4 is 29.9 Å². The normalized spacial score (nSPS) is 13.9. The van der Waals surface area contributed by atoms with Gasteiger partial charge in [-0.05, 0) is 37.0 Å². The Morgan fingerprint density at radius 1 is 1.29 bits per heavy atom. The van der Waals surface area contributed by atoms with Crippen molar-refractivity contribution in [2.75, 3.05) is 13.1 Å². The number of nitrogens with zero attached hydrogens (tertiary/aromatic N) is 5. The first-order valence-electron chi connectivity index (χ1n) is 9.34. The van der Waals surface area contributed by atoms with Gasteiger partial charge in [0.05, 0.1) is 0 Å². The minimum absolute atomic E-state index is 0. The number of aryl methyl sites for hydroxylation is 1. The van der Waals surface area contributed by atoms with E-state index in [1.807, 2.05) is 23.4 Å². The van der Waals surface area contributed by atoms with Crippen LogP contribution in [0, 0.1) is 18.6 Å². The Morgan fingerprint density at radius 3 is 2.75 bits per heavy atom. The maximum absolute atomic E-state index is 14.0. The smallest absolute Gasteiger partial charge is 0.194 e. The molecule has 0 radical (unpaired) electrons. The second kappa shape index (κ2) is 10.1.